The van der Waals surface area contributed by atoms with Crippen molar-refractivity contribution >= 4 is 6.09 Å². The molecular formula is C24H28N2O5. The first kappa shape index (κ1) is 22.3. The van der Waals surface area contributed by atoms with E-state index < -0.39 is 5.60 Å². The SMILES string of the molecule is COc1ccc(O)cc1-c1cc(C#N)cc(OC2CCN(C(=O)OC(C)(C)C)CC2)c1. The number of rotatable bonds is 4. The molecule has 1 aliphatic heterocycles. The number of phenolic OH excluding ortho intramolecular Hbond substituents is 1. The first-order valence-electron chi connectivity index (χ1n) is 10.3. The first-order chi connectivity index (χ1) is 14.7. The van der Waals surface area contributed by atoms with Crippen molar-refractivity contribution in [3.05, 3.63) is 42.0 Å². The lowest BCUT2D eigenvalue weighted by molar-refractivity contribution is 0.0126. The highest BCUT2D eigenvalue weighted by molar-refractivity contribution is 5.74. The summed E-state index contributed by atoms with van der Waals surface area (Å²) in [6.07, 6.45) is 0.948. The highest BCUT2D eigenvalue weighted by atomic mass is 16.6. The van der Waals surface area contributed by atoms with Gasteiger partial charge < -0.3 is 24.2 Å². The van der Waals surface area contributed by atoms with Crippen molar-refractivity contribution in [1.82, 2.24) is 4.90 Å². The van der Waals surface area contributed by atoms with Crippen LogP contribution in [0.2, 0.25) is 0 Å². The van der Waals surface area contributed by atoms with Crippen LogP contribution in [-0.2, 0) is 4.74 Å². The van der Waals surface area contributed by atoms with Crippen molar-refractivity contribution < 1.29 is 24.1 Å². The maximum absolute atomic E-state index is 12.2. The van der Waals surface area contributed by atoms with E-state index in [9.17, 15) is 15.2 Å². The third kappa shape index (κ3) is 5.82. The van der Waals surface area contributed by atoms with E-state index in [0.717, 1.165) is 0 Å². The molecule has 7 heteroatoms. The Hall–Kier alpha value is -3.40. The molecule has 7 nitrogen and oxygen atoms in total. The molecule has 2 aromatic rings. The molecule has 1 heterocycles. The lowest BCUT2D eigenvalue weighted by Gasteiger charge is -2.33. The van der Waals surface area contributed by atoms with E-state index >= 15 is 0 Å². The van der Waals surface area contributed by atoms with Crippen LogP contribution >= 0.6 is 0 Å². The molecule has 0 spiro atoms. The number of piperidine rings is 1. The first-order valence-corrected chi connectivity index (χ1v) is 10.3. The zero-order chi connectivity index (χ0) is 22.6. The number of likely N-dealkylation sites (tertiary alicyclic amines) is 1. The molecule has 0 radical (unpaired) electrons. The molecule has 31 heavy (non-hydrogen) atoms. The summed E-state index contributed by atoms with van der Waals surface area (Å²) in [5.41, 5.74) is 1.31. The van der Waals surface area contributed by atoms with E-state index in [0.29, 0.717) is 54.1 Å². The van der Waals surface area contributed by atoms with Crippen molar-refractivity contribution in [2.75, 3.05) is 20.2 Å². The third-order valence-electron chi connectivity index (χ3n) is 4.93. The van der Waals surface area contributed by atoms with E-state index in [-0.39, 0.29) is 17.9 Å². The number of aromatic hydroxyl groups is 1. The molecule has 3 rings (SSSR count). The highest BCUT2D eigenvalue weighted by Gasteiger charge is 2.27. The van der Waals surface area contributed by atoms with Gasteiger partial charge in [-0.25, -0.2) is 4.79 Å². The summed E-state index contributed by atoms with van der Waals surface area (Å²) in [5.74, 6) is 1.26. The van der Waals surface area contributed by atoms with Gasteiger partial charge in [0.05, 0.1) is 18.7 Å². The van der Waals surface area contributed by atoms with Gasteiger partial charge >= 0.3 is 6.09 Å². The van der Waals surface area contributed by atoms with Crippen LogP contribution in [0.15, 0.2) is 36.4 Å². The zero-order valence-electron chi connectivity index (χ0n) is 18.3. The Morgan fingerprint density at radius 2 is 1.87 bits per heavy atom. The number of nitrogens with zero attached hydrogens (tertiary/aromatic N) is 2. The maximum Gasteiger partial charge on any atom is 0.410 e. The van der Waals surface area contributed by atoms with Gasteiger partial charge in [0, 0.05) is 31.5 Å². The number of phenols is 1. The average molecular weight is 424 g/mol. The minimum atomic E-state index is -0.522. The Bertz CT molecular complexity index is 982. The Morgan fingerprint density at radius 3 is 2.48 bits per heavy atom. The van der Waals surface area contributed by atoms with Crippen LogP contribution < -0.4 is 9.47 Å². The number of amides is 1. The van der Waals surface area contributed by atoms with Gasteiger partial charge in [-0.05, 0) is 62.7 Å². The number of benzene rings is 2. The molecule has 1 N–H and O–H groups in total. The second-order valence-electron chi connectivity index (χ2n) is 8.53. The van der Waals surface area contributed by atoms with E-state index in [2.05, 4.69) is 6.07 Å². The molecule has 164 valence electrons. The van der Waals surface area contributed by atoms with Crippen molar-refractivity contribution in [3.63, 3.8) is 0 Å². The van der Waals surface area contributed by atoms with Gasteiger partial charge in [-0.2, -0.15) is 5.26 Å². The Balaban J connectivity index is 1.74. The van der Waals surface area contributed by atoms with Gasteiger partial charge in [-0.1, -0.05) is 0 Å². The topological polar surface area (TPSA) is 92.0 Å². The number of carbonyl (C=O) groups excluding carboxylic acids is 1. The van der Waals surface area contributed by atoms with Crippen molar-refractivity contribution in [2.24, 2.45) is 0 Å². The second kappa shape index (κ2) is 9.17. The lowest BCUT2D eigenvalue weighted by atomic mass is 10.0. The molecule has 1 aliphatic rings. The van der Waals surface area contributed by atoms with Crippen LogP contribution in [0.4, 0.5) is 4.79 Å². The molecule has 0 aliphatic carbocycles. The molecular weight excluding hydrogens is 396 g/mol. The van der Waals surface area contributed by atoms with Crippen molar-refractivity contribution in [3.8, 4) is 34.4 Å². The number of hydrogen-bond donors (Lipinski definition) is 1. The van der Waals surface area contributed by atoms with Crippen LogP contribution in [0.3, 0.4) is 0 Å². The molecule has 1 amide bonds. The van der Waals surface area contributed by atoms with Gasteiger partial charge in [0.25, 0.3) is 0 Å². The van der Waals surface area contributed by atoms with Crippen LogP contribution in [0.5, 0.6) is 17.2 Å². The Morgan fingerprint density at radius 1 is 1.16 bits per heavy atom. The van der Waals surface area contributed by atoms with Crippen molar-refractivity contribution in [2.45, 2.75) is 45.3 Å². The van der Waals surface area contributed by atoms with Crippen LogP contribution in [0.25, 0.3) is 11.1 Å². The summed E-state index contributed by atoms with van der Waals surface area (Å²) in [4.78, 5) is 13.9. The predicted octanol–water partition coefficient (Wildman–Crippen LogP) is 4.72. The van der Waals surface area contributed by atoms with E-state index in [4.69, 9.17) is 14.2 Å². The minimum Gasteiger partial charge on any atom is -0.508 e. The summed E-state index contributed by atoms with van der Waals surface area (Å²) in [7, 11) is 1.56. The predicted molar refractivity (Wildman–Crippen MR) is 116 cm³/mol. The number of hydrogen-bond acceptors (Lipinski definition) is 6. The number of ether oxygens (including phenoxy) is 3. The van der Waals surface area contributed by atoms with Gasteiger partial charge in [-0.3, -0.25) is 0 Å². The maximum atomic E-state index is 12.2. The quantitative estimate of drug-likeness (QED) is 0.764. The third-order valence-corrected chi connectivity index (χ3v) is 4.93. The van der Waals surface area contributed by atoms with Crippen LogP contribution in [0, 0.1) is 11.3 Å². The lowest BCUT2D eigenvalue weighted by Crippen LogP contribution is -2.44. The molecule has 1 fully saturated rings. The molecule has 0 aromatic heterocycles. The minimum absolute atomic E-state index is 0.0773. The smallest absolute Gasteiger partial charge is 0.410 e. The zero-order valence-corrected chi connectivity index (χ0v) is 18.3. The molecule has 0 atom stereocenters. The number of nitriles is 1. The van der Waals surface area contributed by atoms with E-state index in [1.165, 1.54) is 0 Å². The summed E-state index contributed by atoms with van der Waals surface area (Å²) < 4.78 is 17.0. The summed E-state index contributed by atoms with van der Waals surface area (Å²) >= 11 is 0. The van der Waals surface area contributed by atoms with Gasteiger partial charge in [0.1, 0.15) is 29.0 Å². The largest absolute Gasteiger partial charge is 0.508 e. The molecule has 0 bridgehead atoms. The Kier molecular flexibility index (Phi) is 6.59. The molecule has 2 aromatic carbocycles. The average Bonchev–Trinajstić information content (AvgIpc) is 2.72. The number of methoxy groups -OCH3 is 1. The highest BCUT2D eigenvalue weighted by Crippen LogP contribution is 2.36. The van der Waals surface area contributed by atoms with E-state index in [1.807, 2.05) is 26.8 Å². The normalized spacial score (nSPS) is 14.6. The van der Waals surface area contributed by atoms with Crippen LogP contribution in [-0.4, -0.2) is 48.0 Å². The molecule has 0 saturated carbocycles. The fraction of sp³-hybridized carbons (Fsp3) is 0.417. The summed E-state index contributed by atoms with van der Waals surface area (Å²) in [5, 5.41) is 19.4. The summed E-state index contributed by atoms with van der Waals surface area (Å²) in [6.45, 7) is 6.64. The number of carbonyl (C=O) groups is 1. The van der Waals surface area contributed by atoms with Gasteiger partial charge in [-0.15, -0.1) is 0 Å². The second-order valence-corrected chi connectivity index (χ2v) is 8.53. The molecule has 0 unspecified atom stereocenters. The Labute approximate surface area is 182 Å². The fourth-order valence-electron chi connectivity index (χ4n) is 3.48. The van der Waals surface area contributed by atoms with Crippen LogP contribution in [0.1, 0.15) is 39.2 Å². The van der Waals surface area contributed by atoms with Crippen molar-refractivity contribution in [1.29, 1.82) is 5.26 Å². The standard InChI is InChI=1S/C24H28N2O5/c1-24(2,3)31-23(28)26-9-7-19(8-10-26)30-20-12-16(15-25)11-17(13-20)21-14-18(27)5-6-22(21)29-4/h5-6,11-14,19,27H,7-10H2,1-4H3. The fourth-order valence-corrected chi connectivity index (χ4v) is 3.48. The van der Waals surface area contributed by atoms with Gasteiger partial charge in [0.2, 0.25) is 0 Å². The summed E-state index contributed by atoms with van der Waals surface area (Å²) in [6, 6.07) is 12.2. The van der Waals surface area contributed by atoms with E-state index in [1.54, 1.807) is 42.3 Å². The van der Waals surface area contributed by atoms with Gasteiger partial charge in [0.15, 0.2) is 0 Å². The monoisotopic (exact) mass is 424 g/mol. The molecule has 1 saturated heterocycles.